The lowest BCUT2D eigenvalue weighted by atomic mass is 9.88. The number of carbonyl (C=O) groups is 2. The van der Waals surface area contributed by atoms with Crippen LogP contribution < -0.4 is 5.32 Å². The number of carboxylic acids is 1. The lowest BCUT2D eigenvalue weighted by molar-refractivity contribution is -0.127. The van der Waals surface area contributed by atoms with Crippen molar-refractivity contribution in [1.29, 1.82) is 0 Å². The molecule has 1 amide bonds. The Hall–Kier alpha value is -2.21. The van der Waals surface area contributed by atoms with Crippen LogP contribution in [0.25, 0.3) is 0 Å². The summed E-state index contributed by atoms with van der Waals surface area (Å²) in [6, 6.07) is 9.63. The molecule has 2 rings (SSSR count). The fourth-order valence-electron chi connectivity index (χ4n) is 2.68. The maximum Gasteiger partial charge on any atom is 0.347 e. The summed E-state index contributed by atoms with van der Waals surface area (Å²) < 4.78 is 0. The van der Waals surface area contributed by atoms with Crippen molar-refractivity contribution in [3.05, 3.63) is 51.5 Å². The van der Waals surface area contributed by atoms with Crippen LogP contribution >= 0.6 is 11.3 Å². The summed E-state index contributed by atoms with van der Waals surface area (Å²) in [4.78, 5) is 28.4. The maximum atomic E-state index is 12.7. The zero-order valence-corrected chi connectivity index (χ0v) is 15.8. The number of nitrogens with zero attached hydrogens (tertiary/aromatic N) is 1. The van der Waals surface area contributed by atoms with E-state index in [1.54, 1.807) is 6.92 Å². The van der Waals surface area contributed by atoms with Gasteiger partial charge < -0.3 is 10.4 Å². The monoisotopic (exact) mass is 360 g/mol. The minimum absolute atomic E-state index is 0.0314. The first kappa shape index (κ1) is 19.1. The largest absolute Gasteiger partial charge is 0.477 e. The van der Waals surface area contributed by atoms with Crippen LogP contribution in [0.5, 0.6) is 0 Å². The van der Waals surface area contributed by atoms with Crippen molar-refractivity contribution in [2.75, 3.05) is 0 Å². The van der Waals surface area contributed by atoms with Crippen LogP contribution in [0.2, 0.25) is 0 Å². The van der Waals surface area contributed by atoms with Gasteiger partial charge in [-0.2, -0.15) is 0 Å². The number of benzene rings is 1. The number of hydrogen-bond donors (Lipinski definition) is 2. The van der Waals surface area contributed by atoms with Crippen LogP contribution in [0, 0.1) is 18.8 Å². The zero-order chi connectivity index (χ0) is 18.6. The minimum atomic E-state index is -0.982. The average molecular weight is 360 g/mol. The van der Waals surface area contributed by atoms with Gasteiger partial charge in [0.15, 0.2) is 0 Å². The maximum absolute atomic E-state index is 12.7. The van der Waals surface area contributed by atoms with Crippen LogP contribution in [-0.2, 0) is 11.2 Å². The quantitative estimate of drug-likeness (QED) is 0.786. The number of aromatic carboxylic acids is 1. The summed E-state index contributed by atoms with van der Waals surface area (Å²) in [5, 5.41) is 12.8. The number of hydrogen-bond acceptors (Lipinski definition) is 4. The topological polar surface area (TPSA) is 79.3 Å². The molecule has 0 spiro atoms. The first-order chi connectivity index (χ1) is 11.8. The van der Waals surface area contributed by atoms with Crippen LogP contribution in [0.3, 0.4) is 0 Å². The Balaban J connectivity index is 2.09. The van der Waals surface area contributed by atoms with Gasteiger partial charge in [-0.1, -0.05) is 44.2 Å². The molecule has 1 aromatic carbocycles. The number of amides is 1. The van der Waals surface area contributed by atoms with Gasteiger partial charge in [-0.05, 0) is 31.7 Å². The molecule has 134 valence electrons. The summed E-state index contributed by atoms with van der Waals surface area (Å²) in [6.45, 7) is 7.58. The molecule has 2 atom stereocenters. The number of aromatic nitrogens is 1. The summed E-state index contributed by atoms with van der Waals surface area (Å²) in [5.41, 5.74) is 1.61. The molecule has 0 aliphatic carbocycles. The summed E-state index contributed by atoms with van der Waals surface area (Å²) in [5.74, 6) is -0.968. The molecule has 5 nitrogen and oxygen atoms in total. The SMILES string of the molecule is Cc1nc(C(C)NC(=O)C(Cc2ccccc2)C(C)C)sc1C(=O)O. The van der Waals surface area contributed by atoms with Crippen molar-refractivity contribution in [3.8, 4) is 0 Å². The number of aryl methyl sites for hydroxylation is 1. The van der Waals surface area contributed by atoms with Gasteiger partial charge in [-0.3, -0.25) is 4.79 Å². The Morgan fingerprint density at radius 2 is 1.84 bits per heavy atom. The third kappa shape index (κ3) is 4.89. The molecule has 1 aromatic heterocycles. The number of nitrogens with one attached hydrogen (secondary N) is 1. The lowest BCUT2D eigenvalue weighted by Gasteiger charge is -2.22. The van der Waals surface area contributed by atoms with Crippen LogP contribution in [0.15, 0.2) is 30.3 Å². The molecule has 0 saturated carbocycles. The predicted octanol–water partition coefficient (Wildman–Crippen LogP) is 3.84. The van der Waals surface area contributed by atoms with E-state index >= 15 is 0 Å². The van der Waals surface area contributed by atoms with Crippen LogP contribution in [-0.4, -0.2) is 22.0 Å². The standard InChI is InChI=1S/C19H24N2O3S/c1-11(2)15(10-14-8-6-5-7-9-14)17(22)20-13(4)18-21-12(3)16(25-18)19(23)24/h5-9,11,13,15H,10H2,1-4H3,(H,20,22)(H,23,24). The number of thiazole rings is 1. The van der Waals surface area contributed by atoms with Gasteiger partial charge in [-0.25, -0.2) is 9.78 Å². The van der Waals surface area contributed by atoms with Crippen molar-refractivity contribution < 1.29 is 14.7 Å². The molecule has 0 fully saturated rings. The second-order valence-corrected chi connectivity index (χ2v) is 7.57. The van der Waals surface area contributed by atoms with Gasteiger partial charge in [-0.15, -0.1) is 11.3 Å². The highest BCUT2D eigenvalue weighted by Crippen LogP contribution is 2.25. The number of carbonyl (C=O) groups excluding carboxylic acids is 1. The van der Waals surface area contributed by atoms with Crippen LogP contribution in [0.4, 0.5) is 0 Å². The highest BCUT2D eigenvalue weighted by molar-refractivity contribution is 7.13. The number of carboxylic acid groups (broad SMARTS) is 1. The number of rotatable bonds is 7. The van der Waals surface area contributed by atoms with E-state index in [-0.39, 0.29) is 28.7 Å². The van der Waals surface area contributed by atoms with Crippen molar-refractivity contribution in [2.45, 2.75) is 40.2 Å². The second kappa shape index (κ2) is 8.25. The van der Waals surface area contributed by atoms with E-state index in [0.717, 1.165) is 16.9 Å². The van der Waals surface area contributed by atoms with Gasteiger partial charge in [0.2, 0.25) is 5.91 Å². The zero-order valence-electron chi connectivity index (χ0n) is 14.9. The molecular formula is C19H24N2O3S. The first-order valence-electron chi connectivity index (χ1n) is 8.34. The Morgan fingerprint density at radius 3 is 2.36 bits per heavy atom. The summed E-state index contributed by atoms with van der Waals surface area (Å²) in [6.07, 6.45) is 0.675. The third-order valence-corrected chi connectivity index (χ3v) is 5.50. The molecule has 0 aliphatic rings. The molecule has 0 aliphatic heterocycles. The average Bonchev–Trinajstić information content (AvgIpc) is 2.95. The molecule has 2 aromatic rings. The lowest BCUT2D eigenvalue weighted by Crippen LogP contribution is -2.36. The molecule has 0 saturated heterocycles. The summed E-state index contributed by atoms with van der Waals surface area (Å²) >= 11 is 1.12. The van der Waals surface area contributed by atoms with Gasteiger partial charge in [0.25, 0.3) is 0 Å². The minimum Gasteiger partial charge on any atom is -0.477 e. The van der Waals surface area contributed by atoms with E-state index in [2.05, 4.69) is 10.3 Å². The van der Waals surface area contributed by atoms with Crippen molar-refractivity contribution in [2.24, 2.45) is 11.8 Å². The highest BCUT2D eigenvalue weighted by atomic mass is 32.1. The van der Waals surface area contributed by atoms with Crippen molar-refractivity contribution in [1.82, 2.24) is 10.3 Å². The van der Waals surface area contributed by atoms with Gasteiger partial charge in [0.1, 0.15) is 9.88 Å². The predicted molar refractivity (Wildman–Crippen MR) is 98.8 cm³/mol. The van der Waals surface area contributed by atoms with Gasteiger partial charge in [0.05, 0.1) is 11.7 Å². The molecule has 6 heteroatoms. The van der Waals surface area contributed by atoms with E-state index < -0.39 is 5.97 Å². The summed E-state index contributed by atoms with van der Waals surface area (Å²) in [7, 11) is 0. The van der Waals surface area contributed by atoms with E-state index in [0.29, 0.717) is 17.1 Å². The molecule has 1 heterocycles. The molecule has 2 N–H and O–H groups in total. The Kier molecular flexibility index (Phi) is 6.31. The van der Waals surface area contributed by atoms with E-state index in [1.807, 2.05) is 51.1 Å². The van der Waals surface area contributed by atoms with E-state index in [9.17, 15) is 9.59 Å². The second-order valence-electron chi connectivity index (χ2n) is 6.54. The molecule has 0 bridgehead atoms. The van der Waals surface area contributed by atoms with Crippen LogP contribution in [0.1, 0.15) is 52.7 Å². The normalized spacial score (nSPS) is 13.5. The van der Waals surface area contributed by atoms with Crippen molar-refractivity contribution in [3.63, 3.8) is 0 Å². The van der Waals surface area contributed by atoms with E-state index in [4.69, 9.17) is 5.11 Å². The first-order valence-corrected chi connectivity index (χ1v) is 9.16. The van der Waals surface area contributed by atoms with E-state index in [1.165, 1.54) is 0 Å². The Labute approximate surface area is 152 Å². The molecule has 0 radical (unpaired) electrons. The molecule has 2 unspecified atom stereocenters. The fraction of sp³-hybridized carbons (Fsp3) is 0.421. The molecule has 25 heavy (non-hydrogen) atoms. The van der Waals surface area contributed by atoms with Gasteiger partial charge in [0, 0.05) is 5.92 Å². The smallest absolute Gasteiger partial charge is 0.347 e. The Morgan fingerprint density at radius 1 is 1.20 bits per heavy atom. The Bertz CT molecular complexity index is 740. The van der Waals surface area contributed by atoms with Crippen molar-refractivity contribution >= 4 is 23.2 Å². The third-order valence-electron chi connectivity index (χ3n) is 4.18. The fourth-order valence-corrected chi connectivity index (χ4v) is 3.59. The van der Waals surface area contributed by atoms with Gasteiger partial charge >= 0.3 is 5.97 Å². The highest BCUT2D eigenvalue weighted by Gasteiger charge is 2.26. The molecular weight excluding hydrogens is 336 g/mol.